The summed E-state index contributed by atoms with van der Waals surface area (Å²) in [5.74, 6) is 0.376. The van der Waals surface area contributed by atoms with Gasteiger partial charge in [0.25, 0.3) is 0 Å². The van der Waals surface area contributed by atoms with Crippen molar-refractivity contribution in [2.45, 2.75) is 26.7 Å². The number of nitrogens with one attached hydrogen (secondary N) is 2. The summed E-state index contributed by atoms with van der Waals surface area (Å²) in [6, 6.07) is 7.27. The van der Waals surface area contributed by atoms with Gasteiger partial charge in [-0.15, -0.1) is 0 Å². The molecule has 2 N–H and O–H groups in total. The van der Waals surface area contributed by atoms with Crippen LogP contribution in [0.25, 0.3) is 0 Å². The monoisotopic (exact) mass is 353 g/mol. The number of nitrogens with zero attached hydrogens (tertiary/aromatic N) is 3. The first-order valence-corrected chi connectivity index (χ1v) is 8.74. The summed E-state index contributed by atoms with van der Waals surface area (Å²) in [7, 11) is 0. The van der Waals surface area contributed by atoms with Crippen molar-refractivity contribution in [3.05, 3.63) is 42.2 Å². The second-order valence-corrected chi connectivity index (χ2v) is 6.48. The largest absolute Gasteiger partial charge is 0.340 e. The molecule has 7 heteroatoms. The van der Waals surface area contributed by atoms with Crippen LogP contribution in [0.1, 0.15) is 25.3 Å². The van der Waals surface area contributed by atoms with Gasteiger partial charge < -0.3 is 15.5 Å². The number of rotatable bonds is 4. The van der Waals surface area contributed by atoms with Crippen molar-refractivity contribution in [2.75, 3.05) is 28.6 Å². The van der Waals surface area contributed by atoms with Crippen molar-refractivity contribution in [3.8, 4) is 0 Å². The van der Waals surface area contributed by atoms with E-state index in [-0.39, 0.29) is 17.7 Å². The van der Waals surface area contributed by atoms with E-state index in [0.717, 1.165) is 24.9 Å². The molecule has 0 aliphatic carbocycles. The highest BCUT2D eigenvalue weighted by Crippen LogP contribution is 2.26. The van der Waals surface area contributed by atoms with E-state index < -0.39 is 0 Å². The summed E-state index contributed by atoms with van der Waals surface area (Å²) in [5, 5.41) is 5.79. The number of aromatic nitrogens is 2. The summed E-state index contributed by atoms with van der Waals surface area (Å²) >= 11 is 0. The molecule has 1 unspecified atom stereocenters. The minimum atomic E-state index is -0.137. The number of benzene rings is 1. The number of carbonyl (C=O) groups is 2. The minimum Gasteiger partial charge on any atom is -0.340 e. The molecule has 0 saturated carbocycles. The molecule has 1 atom stereocenters. The first kappa shape index (κ1) is 17.8. The average Bonchev–Trinajstić information content (AvgIpc) is 2.65. The van der Waals surface area contributed by atoms with Crippen molar-refractivity contribution in [2.24, 2.45) is 5.92 Å². The first-order chi connectivity index (χ1) is 12.5. The summed E-state index contributed by atoms with van der Waals surface area (Å²) in [4.78, 5) is 34.7. The van der Waals surface area contributed by atoms with Crippen LogP contribution in [-0.2, 0) is 9.59 Å². The lowest BCUT2D eigenvalue weighted by Gasteiger charge is -2.32. The Labute approximate surface area is 152 Å². The van der Waals surface area contributed by atoms with Crippen LogP contribution in [0.15, 0.2) is 36.7 Å². The van der Waals surface area contributed by atoms with Gasteiger partial charge >= 0.3 is 0 Å². The van der Waals surface area contributed by atoms with Crippen molar-refractivity contribution >= 4 is 29.1 Å². The maximum absolute atomic E-state index is 12.8. The molecule has 2 aromatic rings. The van der Waals surface area contributed by atoms with Crippen LogP contribution in [0, 0.1) is 12.8 Å². The van der Waals surface area contributed by atoms with E-state index in [1.165, 1.54) is 6.92 Å². The lowest BCUT2D eigenvalue weighted by atomic mass is 9.97. The molecule has 0 bridgehead atoms. The van der Waals surface area contributed by atoms with Gasteiger partial charge in [0.1, 0.15) is 0 Å². The Morgan fingerprint density at radius 2 is 1.81 bits per heavy atom. The fourth-order valence-electron chi connectivity index (χ4n) is 3.16. The van der Waals surface area contributed by atoms with E-state index in [0.29, 0.717) is 23.9 Å². The predicted octanol–water partition coefficient (Wildman–Crippen LogP) is 2.60. The molecule has 0 spiro atoms. The Kier molecular flexibility index (Phi) is 5.46. The Bertz CT molecular complexity index is 794. The highest BCUT2D eigenvalue weighted by molar-refractivity contribution is 5.96. The first-order valence-electron chi connectivity index (χ1n) is 8.74. The standard InChI is InChI=1S/C19H23N5O2/c1-13-16(22-14(2)25)7-3-8-17(13)23-18(26)15-6-4-11-24(12-15)19-20-9-5-10-21-19/h3,5,7-10,15H,4,6,11-12H2,1-2H3,(H,22,25)(H,23,26). The van der Waals surface area contributed by atoms with Crippen molar-refractivity contribution in [1.29, 1.82) is 0 Å². The molecular formula is C19H23N5O2. The van der Waals surface area contributed by atoms with Crippen LogP contribution >= 0.6 is 0 Å². The zero-order valence-corrected chi connectivity index (χ0v) is 15.0. The van der Waals surface area contributed by atoms with Gasteiger partial charge in [0.15, 0.2) is 0 Å². The molecule has 0 radical (unpaired) electrons. The molecule has 2 heterocycles. The lowest BCUT2D eigenvalue weighted by molar-refractivity contribution is -0.120. The smallest absolute Gasteiger partial charge is 0.229 e. The molecule has 3 rings (SSSR count). The number of piperidine rings is 1. The average molecular weight is 353 g/mol. The molecule has 1 aliphatic heterocycles. The second-order valence-electron chi connectivity index (χ2n) is 6.48. The van der Waals surface area contributed by atoms with E-state index in [9.17, 15) is 9.59 Å². The fourth-order valence-corrected chi connectivity index (χ4v) is 3.16. The molecule has 1 aliphatic rings. The van der Waals surface area contributed by atoms with E-state index in [1.54, 1.807) is 18.5 Å². The van der Waals surface area contributed by atoms with Crippen LogP contribution in [0.3, 0.4) is 0 Å². The van der Waals surface area contributed by atoms with Gasteiger partial charge in [-0.1, -0.05) is 6.07 Å². The van der Waals surface area contributed by atoms with Crippen LogP contribution in [0.4, 0.5) is 17.3 Å². The Morgan fingerprint density at radius 3 is 2.50 bits per heavy atom. The number of anilines is 3. The van der Waals surface area contributed by atoms with Crippen LogP contribution in [0.5, 0.6) is 0 Å². The van der Waals surface area contributed by atoms with Gasteiger partial charge in [-0.25, -0.2) is 9.97 Å². The molecule has 1 saturated heterocycles. The highest BCUT2D eigenvalue weighted by Gasteiger charge is 2.27. The van der Waals surface area contributed by atoms with Gasteiger partial charge in [0, 0.05) is 43.8 Å². The Balaban J connectivity index is 1.69. The molecule has 136 valence electrons. The second kappa shape index (κ2) is 7.95. The highest BCUT2D eigenvalue weighted by atomic mass is 16.2. The SMILES string of the molecule is CC(=O)Nc1cccc(NC(=O)C2CCCN(c3ncccn3)C2)c1C. The van der Waals surface area contributed by atoms with Crippen LogP contribution < -0.4 is 15.5 Å². The van der Waals surface area contributed by atoms with E-state index in [2.05, 4.69) is 20.6 Å². The van der Waals surface area contributed by atoms with E-state index in [1.807, 2.05) is 30.0 Å². The molecule has 1 fully saturated rings. The van der Waals surface area contributed by atoms with Gasteiger partial charge in [-0.05, 0) is 43.5 Å². The van der Waals surface area contributed by atoms with Crippen LogP contribution in [-0.4, -0.2) is 34.9 Å². The summed E-state index contributed by atoms with van der Waals surface area (Å²) in [6.07, 6.45) is 5.17. The van der Waals surface area contributed by atoms with E-state index in [4.69, 9.17) is 0 Å². The Hall–Kier alpha value is -2.96. The predicted molar refractivity (Wildman–Crippen MR) is 101 cm³/mol. The molecule has 2 amide bonds. The molecule has 7 nitrogen and oxygen atoms in total. The fraction of sp³-hybridized carbons (Fsp3) is 0.368. The van der Waals surface area contributed by atoms with Crippen LogP contribution in [0.2, 0.25) is 0 Å². The summed E-state index contributed by atoms with van der Waals surface area (Å²) < 4.78 is 0. The number of carbonyl (C=O) groups excluding carboxylic acids is 2. The summed E-state index contributed by atoms with van der Waals surface area (Å²) in [6.45, 7) is 4.80. The van der Waals surface area contributed by atoms with Gasteiger partial charge in [-0.2, -0.15) is 0 Å². The van der Waals surface area contributed by atoms with E-state index >= 15 is 0 Å². The number of hydrogen-bond donors (Lipinski definition) is 2. The molecule has 1 aromatic heterocycles. The zero-order valence-electron chi connectivity index (χ0n) is 15.0. The quantitative estimate of drug-likeness (QED) is 0.882. The summed E-state index contributed by atoms with van der Waals surface area (Å²) in [5.41, 5.74) is 2.27. The van der Waals surface area contributed by atoms with Crippen molar-refractivity contribution in [3.63, 3.8) is 0 Å². The normalized spacial score (nSPS) is 16.8. The Morgan fingerprint density at radius 1 is 1.12 bits per heavy atom. The zero-order chi connectivity index (χ0) is 18.5. The number of hydrogen-bond acceptors (Lipinski definition) is 5. The maximum Gasteiger partial charge on any atom is 0.229 e. The van der Waals surface area contributed by atoms with Crippen molar-refractivity contribution in [1.82, 2.24) is 9.97 Å². The molecule has 26 heavy (non-hydrogen) atoms. The topological polar surface area (TPSA) is 87.2 Å². The lowest BCUT2D eigenvalue weighted by Crippen LogP contribution is -2.41. The molecule has 1 aromatic carbocycles. The van der Waals surface area contributed by atoms with Gasteiger partial charge in [-0.3, -0.25) is 9.59 Å². The number of amides is 2. The third-order valence-electron chi connectivity index (χ3n) is 4.53. The van der Waals surface area contributed by atoms with Gasteiger partial charge in [0.2, 0.25) is 17.8 Å². The van der Waals surface area contributed by atoms with Gasteiger partial charge in [0.05, 0.1) is 5.92 Å². The minimum absolute atomic E-state index is 0.0197. The third-order valence-corrected chi connectivity index (χ3v) is 4.53. The van der Waals surface area contributed by atoms with Crippen molar-refractivity contribution < 1.29 is 9.59 Å². The third kappa shape index (κ3) is 4.17. The maximum atomic E-state index is 12.8. The molecular weight excluding hydrogens is 330 g/mol.